The molecule has 0 unspecified atom stereocenters. The molecule has 1 saturated carbocycles. The van der Waals surface area contributed by atoms with Gasteiger partial charge in [-0.25, -0.2) is 13.6 Å². The van der Waals surface area contributed by atoms with Crippen molar-refractivity contribution in [3.63, 3.8) is 0 Å². The molecule has 0 atom stereocenters. The van der Waals surface area contributed by atoms with Gasteiger partial charge in [-0.1, -0.05) is 12.8 Å². The SMILES string of the molecule is NS(=O)(=O)CC1(CO)CCCC1. The van der Waals surface area contributed by atoms with Crippen LogP contribution in [0.3, 0.4) is 0 Å². The molecule has 4 nitrogen and oxygen atoms in total. The molecule has 5 heteroatoms. The summed E-state index contributed by atoms with van der Waals surface area (Å²) in [6.45, 7) is -0.0660. The summed E-state index contributed by atoms with van der Waals surface area (Å²) in [6.07, 6.45) is 3.55. The lowest BCUT2D eigenvalue weighted by Crippen LogP contribution is -2.34. The highest BCUT2D eigenvalue weighted by Gasteiger charge is 2.36. The first kappa shape index (κ1) is 9.95. The Bertz CT molecular complexity index is 241. The second-order valence-electron chi connectivity index (χ2n) is 3.67. The van der Waals surface area contributed by atoms with E-state index in [0.29, 0.717) is 0 Å². The molecule has 72 valence electrons. The first-order valence-corrected chi connectivity index (χ1v) is 5.80. The van der Waals surface area contributed by atoms with Gasteiger partial charge in [-0.3, -0.25) is 0 Å². The van der Waals surface area contributed by atoms with Gasteiger partial charge in [0.25, 0.3) is 0 Å². The molecule has 0 heterocycles. The Morgan fingerprint density at radius 3 is 2.17 bits per heavy atom. The minimum absolute atomic E-state index is 0.0660. The summed E-state index contributed by atoms with van der Waals surface area (Å²) in [7, 11) is -3.44. The number of nitrogens with two attached hydrogens (primary N) is 1. The van der Waals surface area contributed by atoms with E-state index < -0.39 is 15.4 Å². The molecule has 0 saturated heterocycles. The molecule has 1 fully saturated rings. The van der Waals surface area contributed by atoms with Crippen LogP contribution in [0.4, 0.5) is 0 Å². The van der Waals surface area contributed by atoms with E-state index in [2.05, 4.69) is 0 Å². The fourth-order valence-corrected chi connectivity index (χ4v) is 3.13. The Morgan fingerprint density at radius 1 is 1.33 bits per heavy atom. The molecule has 1 aliphatic carbocycles. The Hall–Kier alpha value is -0.130. The van der Waals surface area contributed by atoms with Gasteiger partial charge in [0, 0.05) is 12.0 Å². The molecule has 0 aromatic rings. The number of aliphatic hydroxyl groups is 1. The van der Waals surface area contributed by atoms with Crippen LogP contribution in [0.5, 0.6) is 0 Å². The quantitative estimate of drug-likeness (QED) is 0.653. The second kappa shape index (κ2) is 3.32. The lowest BCUT2D eigenvalue weighted by molar-refractivity contribution is 0.151. The van der Waals surface area contributed by atoms with Gasteiger partial charge in [-0.15, -0.1) is 0 Å². The third-order valence-corrected chi connectivity index (χ3v) is 3.52. The molecule has 0 bridgehead atoms. The predicted molar refractivity (Wildman–Crippen MR) is 46.0 cm³/mol. The zero-order valence-corrected chi connectivity index (χ0v) is 7.81. The molecule has 0 amide bonds. The molecule has 12 heavy (non-hydrogen) atoms. The van der Waals surface area contributed by atoms with E-state index in [4.69, 9.17) is 10.2 Å². The van der Waals surface area contributed by atoms with Crippen molar-refractivity contribution < 1.29 is 13.5 Å². The van der Waals surface area contributed by atoms with E-state index in [0.717, 1.165) is 25.7 Å². The minimum atomic E-state index is -3.44. The zero-order valence-electron chi connectivity index (χ0n) is 6.99. The van der Waals surface area contributed by atoms with Gasteiger partial charge in [0.1, 0.15) is 0 Å². The van der Waals surface area contributed by atoms with Crippen LogP contribution in [0.25, 0.3) is 0 Å². The second-order valence-corrected chi connectivity index (χ2v) is 5.29. The largest absolute Gasteiger partial charge is 0.396 e. The molecular formula is C7H15NO3S. The Kier molecular flexibility index (Phi) is 2.75. The highest BCUT2D eigenvalue weighted by molar-refractivity contribution is 7.89. The Morgan fingerprint density at radius 2 is 1.83 bits per heavy atom. The molecule has 0 aromatic carbocycles. The number of hydrogen-bond donors (Lipinski definition) is 2. The van der Waals surface area contributed by atoms with E-state index in [9.17, 15) is 8.42 Å². The summed E-state index contributed by atoms with van der Waals surface area (Å²) in [5, 5.41) is 14.0. The highest BCUT2D eigenvalue weighted by atomic mass is 32.2. The third-order valence-electron chi connectivity index (χ3n) is 2.51. The van der Waals surface area contributed by atoms with Crippen LogP contribution in [-0.2, 0) is 10.0 Å². The average molecular weight is 193 g/mol. The van der Waals surface area contributed by atoms with Gasteiger partial charge in [-0.05, 0) is 12.8 Å². The van der Waals surface area contributed by atoms with Crippen molar-refractivity contribution in [3.8, 4) is 0 Å². The molecule has 0 aliphatic heterocycles. The van der Waals surface area contributed by atoms with Crippen molar-refractivity contribution in [1.29, 1.82) is 0 Å². The zero-order chi connectivity index (χ0) is 9.24. The van der Waals surface area contributed by atoms with Gasteiger partial charge in [0.2, 0.25) is 10.0 Å². The topological polar surface area (TPSA) is 80.4 Å². The van der Waals surface area contributed by atoms with Crippen LogP contribution in [0.15, 0.2) is 0 Å². The van der Waals surface area contributed by atoms with Crippen molar-refractivity contribution in [2.24, 2.45) is 10.6 Å². The van der Waals surface area contributed by atoms with E-state index in [-0.39, 0.29) is 12.4 Å². The smallest absolute Gasteiger partial charge is 0.209 e. The van der Waals surface area contributed by atoms with Gasteiger partial charge < -0.3 is 5.11 Å². The number of aliphatic hydroxyl groups excluding tert-OH is 1. The molecule has 3 N–H and O–H groups in total. The van der Waals surface area contributed by atoms with Crippen LogP contribution in [0.1, 0.15) is 25.7 Å². The van der Waals surface area contributed by atoms with Crippen molar-refractivity contribution in [3.05, 3.63) is 0 Å². The lowest BCUT2D eigenvalue weighted by Gasteiger charge is -2.24. The predicted octanol–water partition coefficient (Wildman–Crippen LogP) is -0.172. The maximum absolute atomic E-state index is 10.8. The first-order chi connectivity index (χ1) is 5.47. The third kappa shape index (κ3) is 2.43. The van der Waals surface area contributed by atoms with E-state index in [1.807, 2.05) is 0 Å². The van der Waals surface area contributed by atoms with Crippen LogP contribution >= 0.6 is 0 Å². The van der Waals surface area contributed by atoms with E-state index in [1.165, 1.54) is 0 Å². The normalized spacial score (nSPS) is 22.8. The van der Waals surface area contributed by atoms with Crippen molar-refractivity contribution in [2.75, 3.05) is 12.4 Å². The summed E-state index contributed by atoms with van der Waals surface area (Å²) in [6, 6.07) is 0. The maximum atomic E-state index is 10.8. The number of sulfonamides is 1. The monoisotopic (exact) mass is 193 g/mol. The van der Waals surface area contributed by atoms with Gasteiger partial charge in [-0.2, -0.15) is 0 Å². The number of hydrogen-bond acceptors (Lipinski definition) is 3. The molecule has 0 radical (unpaired) electrons. The number of rotatable bonds is 3. The summed E-state index contributed by atoms with van der Waals surface area (Å²) in [5.74, 6) is -0.0729. The van der Waals surface area contributed by atoms with E-state index >= 15 is 0 Å². The number of primary sulfonamides is 1. The molecule has 0 aromatic heterocycles. The highest BCUT2D eigenvalue weighted by Crippen LogP contribution is 2.38. The first-order valence-electron chi connectivity index (χ1n) is 4.09. The summed E-state index contributed by atoms with van der Waals surface area (Å²) in [4.78, 5) is 0. The minimum Gasteiger partial charge on any atom is -0.396 e. The van der Waals surface area contributed by atoms with Crippen molar-refractivity contribution in [2.45, 2.75) is 25.7 Å². The molecular weight excluding hydrogens is 178 g/mol. The van der Waals surface area contributed by atoms with Gasteiger partial charge >= 0.3 is 0 Å². The fourth-order valence-electron chi connectivity index (χ4n) is 1.90. The van der Waals surface area contributed by atoms with Gasteiger partial charge in [0.05, 0.1) is 5.75 Å². The summed E-state index contributed by atoms with van der Waals surface area (Å²) >= 11 is 0. The summed E-state index contributed by atoms with van der Waals surface area (Å²) < 4.78 is 21.6. The van der Waals surface area contributed by atoms with Gasteiger partial charge in [0.15, 0.2) is 0 Å². The van der Waals surface area contributed by atoms with Crippen molar-refractivity contribution >= 4 is 10.0 Å². The molecule has 1 aliphatic rings. The molecule has 1 rings (SSSR count). The van der Waals surface area contributed by atoms with Crippen molar-refractivity contribution in [1.82, 2.24) is 0 Å². The van der Waals surface area contributed by atoms with Crippen LogP contribution < -0.4 is 5.14 Å². The molecule has 0 spiro atoms. The summed E-state index contributed by atoms with van der Waals surface area (Å²) in [5.41, 5.74) is -0.437. The average Bonchev–Trinajstić information content (AvgIpc) is 2.34. The van der Waals surface area contributed by atoms with Crippen LogP contribution in [0.2, 0.25) is 0 Å². The standard InChI is InChI=1S/C7H15NO3S/c8-12(10,11)6-7(5-9)3-1-2-4-7/h9H,1-6H2,(H2,8,10,11). The Labute approximate surface area is 72.8 Å². The van der Waals surface area contributed by atoms with E-state index in [1.54, 1.807) is 0 Å². The fraction of sp³-hybridized carbons (Fsp3) is 1.00. The van der Waals surface area contributed by atoms with Crippen LogP contribution in [-0.4, -0.2) is 25.9 Å². The Balaban J connectivity index is 2.68. The maximum Gasteiger partial charge on any atom is 0.209 e. The van der Waals surface area contributed by atoms with Crippen LogP contribution in [0, 0.1) is 5.41 Å². The lowest BCUT2D eigenvalue weighted by atomic mass is 9.90.